The van der Waals surface area contributed by atoms with E-state index in [2.05, 4.69) is 0 Å². The van der Waals surface area contributed by atoms with Gasteiger partial charge in [0.15, 0.2) is 0 Å². The Morgan fingerprint density at radius 3 is 2.00 bits per heavy atom. The maximum Gasteiger partial charge on any atom is 0.141 e. The first kappa shape index (κ1) is 9.71. The molecule has 0 heterocycles. The van der Waals surface area contributed by atoms with Gasteiger partial charge >= 0.3 is 0 Å². The molecule has 12 heavy (non-hydrogen) atoms. The first-order valence-corrected chi connectivity index (χ1v) is 5.58. The lowest BCUT2D eigenvalue weighted by molar-refractivity contribution is 0.387. The van der Waals surface area contributed by atoms with E-state index in [1.165, 1.54) is 0 Å². The zero-order valence-corrected chi connectivity index (χ0v) is 9.73. The number of alkyl halides is 4. The molecule has 0 aliphatic heterocycles. The Balaban J connectivity index is 2.46. The van der Waals surface area contributed by atoms with Crippen molar-refractivity contribution in [3.63, 3.8) is 0 Å². The summed E-state index contributed by atoms with van der Waals surface area (Å²) in [7, 11) is 0. The van der Waals surface area contributed by atoms with Crippen molar-refractivity contribution in [3.05, 3.63) is 0 Å². The monoisotopic (exact) mass is 246 g/mol. The van der Waals surface area contributed by atoms with Crippen LogP contribution < -0.4 is 0 Å². The highest BCUT2D eigenvalue weighted by Gasteiger charge is 2.71. The minimum atomic E-state index is -0.853. The van der Waals surface area contributed by atoms with Crippen LogP contribution in [0, 0.1) is 5.92 Å². The zero-order valence-electron chi connectivity index (χ0n) is 6.71. The van der Waals surface area contributed by atoms with Gasteiger partial charge in [-0.25, -0.2) is 0 Å². The van der Waals surface area contributed by atoms with E-state index in [4.69, 9.17) is 46.4 Å². The summed E-state index contributed by atoms with van der Waals surface area (Å²) in [5.74, 6) is 0.265. The second kappa shape index (κ2) is 2.39. The molecule has 0 spiro atoms. The van der Waals surface area contributed by atoms with Crippen molar-refractivity contribution in [2.45, 2.75) is 40.3 Å². The third-order valence-electron chi connectivity index (χ3n) is 3.44. The van der Waals surface area contributed by atoms with Crippen LogP contribution >= 0.6 is 46.4 Å². The van der Waals surface area contributed by atoms with Gasteiger partial charge in [-0.3, -0.25) is 0 Å². The summed E-state index contributed by atoms with van der Waals surface area (Å²) in [6.45, 7) is 1.85. The first-order valence-electron chi connectivity index (χ1n) is 4.07. The quantitative estimate of drug-likeness (QED) is 0.569. The van der Waals surface area contributed by atoms with Crippen LogP contribution in [0.4, 0.5) is 0 Å². The normalized spacial score (nSPS) is 56.2. The Hall–Kier alpha value is 1.16. The van der Waals surface area contributed by atoms with Gasteiger partial charge in [-0.15, -0.1) is 23.2 Å². The molecule has 2 saturated carbocycles. The molecule has 0 nitrogen and oxygen atoms in total. The third kappa shape index (κ3) is 0.881. The summed E-state index contributed by atoms with van der Waals surface area (Å²) in [6.07, 6.45) is 2.78. The molecule has 2 aliphatic rings. The van der Waals surface area contributed by atoms with Gasteiger partial charge in [0.1, 0.15) is 4.33 Å². The molecule has 2 bridgehead atoms. The highest BCUT2D eigenvalue weighted by Crippen LogP contribution is 2.68. The SMILES string of the molecule is CC1(Cl)C2(Cl)CCC(C2)C1(Cl)Cl. The Kier molecular flexibility index (Phi) is 1.93. The number of hydrogen-bond donors (Lipinski definition) is 0. The molecule has 2 aliphatic carbocycles. The molecule has 0 aromatic carbocycles. The third-order valence-corrected chi connectivity index (χ3v) is 6.48. The predicted molar refractivity (Wildman–Crippen MR) is 54.6 cm³/mol. The van der Waals surface area contributed by atoms with Crippen LogP contribution in [-0.2, 0) is 0 Å². The fourth-order valence-corrected chi connectivity index (χ4v) is 4.02. The highest BCUT2D eigenvalue weighted by molar-refractivity contribution is 6.56. The summed E-state index contributed by atoms with van der Waals surface area (Å²) in [5, 5.41) is 0. The molecule has 0 aromatic rings. The minimum Gasteiger partial charge on any atom is -0.117 e. The van der Waals surface area contributed by atoms with Crippen molar-refractivity contribution < 1.29 is 0 Å². The minimum absolute atomic E-state index is 0.265. The van der Waals surface area contributed by atoms with Crippen molar-refractivity contribution in [2.75, 3.05) is 0 Å². The fourth-order valence-electron chi connectivity index (χ4n) is 2.42. The van der Waals surface area contributed by atoms with E-state index in [9.17, 15) is 0 Å². The van der Waals surface area contributed by atoms with E-state index in [-0.39, 0.29) is 10.8 Å². The summed E-state index contributed by atoms with van der Waals surface area (Å²) in [4.78, 5) is -1.07. The fraction of sp³-hybridized carbons (Fsp3) is 1.00. The van der Waals surface area contributed by atoms with Crippen molar-refractivity contribution in [1.29, 1.82) is 0 Å². The number of halogens is 4. The molecular formula is C8H10Cl4. The Bertz CT molecular complexity index is 216. The van der Waals surface area contributed by atoms with Crippen molar-refractivity contribution in [2.24, 2.45) is 5.92 Å². The van der Waals surface area contributed by atoms with Crippen molar-refractivity contribution in [1.82, 2.24) is 0 Å². The van der Waals surface area contributed by atoms with Crippen LogP contribution in [-0.4, -0.2) is 14.1 Å². The lowest BCUT2D eigenvalue weighted by Crippen LogP contribution is -2.51. The second-order valence-corrected chi connectivity index (χ2v) is 6.90. The Labute approximate surface area is 92.5 Å². The summed E-state index contributed by atoms with van der Waals surface area (Å²) in [5.41, 5.74) is 0. The lowest BCUT2D eigenvalue weighted by atomic mass is 9.88. The average molecular weight is 248 g/mol. The maximum atomic E-state index is 6.37. The number of fused-ring (bicyclic) bond motifs is 2. The van der Waals surface area contributed by atoms with Crippen molar-refractivity contribution in [3.8, 4) is 0 Å². The molecule has 70 valence electrons. The number of hydrogen-bond acceptors (Lipinski definition) is 0. The van der Waals surface area contributed by atoms with Crippen LogP contribution in [0.5, 0.6) is 0 Å². The van der Waals surface area contributed by atoms with Gasteiger partial charge in [-0.05, 0) is 32.1 Å². The van der Waals surface area contributed by atoms with E-state index in [1.54, 1.807) is 0 Å². The van der Waals surface area contributed by atoms with Gasteiger partial charge in [0.25, 0.3) is 0 Å². The molecule has 0 amide bonds. The first-order chi connectivity index (χ1) is 5.31. The van der Waals surface area contributed by atoms with Crippen LogP contribution in [0.3, 0.4) is 0 Å². The van der Waals surface area contributed by atoms with Gasteiger partial charge in [0, 0.05) is 0 Å². The topological polar surface area (TPSA) is 0 Å². The molecule has 0 radical (unpaired) electrons. The van der Waals surface area contributed by atoms with Gasteiger partial charge < -0.3 is 0 Å². The molecule has 2 fully saturated rings. The standard InChI is InChI=1S/C8H10Cl4/c1-6(9)7(10)3-2-5(4-7)8(6,11)12/h5H,2-4H2,1H3. The molecule has 0 N–H and O–H groups in total. The predicted octanol–water partition coefficient (Wildman–Crippen LogP) is 3.95. The van der Waals surface area contributed by atoms with E-state index in [1.807, 2.05) is 6.92 Å². The van der Waals surface area contributed by atoms with E-state index >= 15 is 0 Å². The van der Waals surface area contributed by atoms with Crippen molar-refractivity contribution >= 4 is 46.4 Å². The molecule has 2 rings (SSSR count). The van der Waals surface area contributed by atoms with Crippen LogP contribution in [0.1, 0.15) is 26.2 Å². The zero-order chi connectivity index (χ0) is 9.20. The van der Waals surface area contributed by atoms with Gasteiger partial charge in [0.2, 0.25) is 0 Å². The van der Waals surface area contributed by atoms with Crippen LogP contribution in [0.2, 0.25) is 0 Å². The van der Waals surface area contributed by atoms with E-state index < -0.39 is 9.21 Å². The Morgan fingerprint density at radius 1 is 1.17 bits per heavy atom. The Morgan fingerprint density at radius 2 is 1.75 bits per heavy atom. The molecule has 3 unspecified atom stereocenters. The summed E-state index contributed by atoms with van der Waals surface area (Å²) < 4.78 is -0.853. The molecule has 3 atom stereocenters. The molecule has 0 aromatic heterocycles. The van der Waals surface area contributed by atoms with E-state index in [0.29, 0.717) is 0 Å². The second-order valence-electron chi connectivity index (χ2n) is 4.03. The van der Waals surface area contributed by atoms with Gasteiger partial charge in [0.05, 0.1) is 9.75 Å². The van der Waals surface area contributed by atoms with Crippen LogP contribution in [0.15, 0.2) is 0 Å². The molecule has 0 saturated heterocycles. The molecule has 4 heteroatoms. The van der Waals surface area contributed by atoms with Gasteiger partial charge in [-0.1, -0.05) is 23.2 Å². The van der Waals surface area contributed by atoms with Crippen LogP contribution in [0.25, 0.3) is 0 Å². The highest BCUT2D eigenvalue weighted by atomic mass is 35.5. The smallest absolute Gasteiger partial charge is 0.117 e. The average Bonchev–Trinajstić information content (AvgIpc) is 2.36. The summed E-state index contributed by atoms with van der Waals surface area (Å²) >= 11 is 25.1. The number of rotatable bonds is 0. The van der Waals surface area contributed by atoms with Gasteiger partial charge in [-0.2, -0.15) is 0 Å². The molecular weight excluding hydrogens is 238 g/mol. The summed E-state index contributed by atoms with van der Waals surface area (Å²) in [6, 6.07) is 0. The lowest BCUT2D eigenvalue weighted by Gasteiger charge is -2.42. The largest absolute Gasteiger partial charge is 0.141 e. The maximum absolute atomic E-state index is 6.37. The van der Waals surface area contributed by atoms with E-state index in [0.717, 1.165) is 19.3 Å².